The molecule has 0 aromatic heterocycles. The lowest BCUT2D eigenvalue weighted by atomic mass is 9.80. The lowest BCUT2D eigenvalue weighted by Gasteiger charge is -2.37. The van der Waals surface area contributed by atoms with Crippen LogP contribution in [0.4, 0.5) is 8.78 Å². The zero-order chi connectivity index (χ0) is 12.9. The van der Waals surface area contributed by atoms with Crippen molar-refractivity contribution in [1.82, 2.24) is 5.32 Å². The molecule has 0 amide bonds. The standard InChI is InChI=1S/C12H20F2N2O/c1-9(2)16-12(8-15)5-3-4-10(6-12)17-7-11(13)14/h9-11,16H,3-7H2,1-2H3. The molecule has 98 valence electrons. The minimum absolute atomic E-state index is 0.198. The average molecular weight is 246 g/mol. The van der Waals surface area contributed by atoms with Crippen LogP contribution in [-0.4, -0.2) is 30.7 Å². The monoisotopic (exact) mass is 246 g/mol. The second kappa shape index (κ2) is 6.27. The minimum atomic E-state index is -2.44. The predicted octanol–water partition coefficient (Wildman–Crippen LogP) is 2.47. The van der Waals surface area contributed by atoms with Crippen molar-refractivity contribution in [3.63, 3.8) is 0 Å². The lowest BCUT2D eigenvalue weighted by molar-refractivity contribution is -0.0469. The Labute approximate surface area is 101 Å². The summed E-state index contributed by atoms with van der Waals surface area (Å²) >= 11 is 0. The SMILES string of the molecule is CC(C)NC1(C#N)CCCC(OCC(F)F)C1. The average Bonchev–Trinajstić information content (AvgIpc) is 2.26. The Morgan fingerprint density at radius 2 is 2.24 bits per heavy atom. The van der Waals surface area contributed by atoms with Gasteiger partial charge in [0, 0.05) is 12.5 Å². The summed E-state index contributed by atoms with van der Waals surface area (Å²) in [6.45, 7) is 3.42. The van der Waals surface area contributed by atoms with Gasteiger partial charge < -0.3 is 4.74 Å². The molecule has 5 heteroatoms. The highest BCUT2D eigenvalue weighted by Gasteiger charge is 2.37. The summed E-state index contributed by atoms with van der Waals surface area (Å²) < 4.78 is 29.3. The number of halogens is 2. The van der Waals surface area contributed by atoms with Gasteiger partial charge in [0.1, 0.15) is 12.1 Å². The van der Waals surface area contributed by atoms with Gasteiger partial charge in [0.25, 0.3) is 6.43 Å². The maximum atomic E-state index is 12.1. The van der Waals surface area contributed by atoms with E-state index < -0.39 is 18.6 Å². The lowest BCUT2D eigenvalue weighted by Crippen LogP contribution is -2.52. The van der Waals surface area contributed by atoms with Gasteiger partial charge in [-0.1, -0.05) is 0 Å². The van der Waals surface area contributed by atoms with E-state index in [0.717, 1.165) is 19.3 Å². The van der Waals surface area contributed by atoms with Crippen LogP contribution in [0.1, 0.15) is 39.5 Å². The molecule has 1 rings (SSSR count). The van der Waals surface area contributed by atoms with Crippen molar-refractivity contribution in [2.24, 2.45) is 0 Å². The molecule has 0 aromatic rings. The molecule has 1 fully saturated rings. The molecule has 2 atom stereocenters. The van der Waals surface area contributed by atoms with Gasteiger partial charge in [-0.05, 0) is 33.1 Å². The summed E-state index contributed by atoms with van der Waals surface area (Å²) in [6.07, 6.45) is 0.178. The van der Waals surface area contributed by atoms with Crippen LogP contribution in [0.5, 0.6) is 0 Å². The van der Waals surface area contributed by atoms with Gasteiger partial charge in [0.2, 0.25) is 0 Å². The molecular weight excluding hydrogens is 226 g/mol. The fourth-order valence-corrected chi connectivity index (χ4v) is 2.39. The molecular formula is C12H20F2N2O. The molecule has 0 bridgehead atoms. The zero-order valence-corrected chi connectivity index (χ0v) is 10.4. The van der Waals surface area contributed by atoms with E-state index in [0.29, 0.717) is 6.42 Å². The number of nitrogens with zero attached hydrogens (tertiary/aromatic N) is 1. The van der Waals surface area contributed by atoms with Crippen molar-refractivity contribution in [1.29, 1.82) is 5.26 Å². The first kappa shape index (κ1) is 14.3. The van der Waals surface area contributed by atoms with E-state index in [4.69, 9.17) is 4.74 Å². The van der Waals surface area contributed by atoms with Crippen molar-refractivity contribution >= 4 is 0 Å². The van der Waals surface area contributed by atoms with Crippen molar-refractivity contribution < 1.29 is 13.5 Å². The predicted molar refractivity (Wildman–Crippen MR) is 60.8 cm³/mol. The molecule has 0 heterocycles. The smallest absolute Gasteiger partial charge is 0.261 e. The Morgan fingerprint density at radius 3 is 2.76 bits per heavy atom. The van der Waals surface area contributed by atoms with Crippen LogP contribution in [-0.2, 0) is 4.74 Å². The highest BCUT2D eigenvalue weighted by atomic mass is 19.3. The topological polar surface area (TPSA) is 45.0 Å². The number of nitriles is 1. The molecule has 1 N–H and O–H groups in total. The van der Waals surface area contributed by atoms with Gasteiger partial charge in [-0.25, -0.2) is 8.78 Å². The molecule has 0 saturated heterocycles. The number of nitrogens with one attached hydrogen (secondary N) is 1. The fraction of sp³-hybridized carbons (Fsp3) is 0.917. The van der Waals surface area contributed by atoms with E-state index in [1.54, 1.807) is 0 Å². The van der Waals surface area contributed by atoms with E-state index in [-0.39, 0.29) is 12.1 Å². The minimum Gasteiger partial charge on any atom is -0.372 e. The normalized spacial score (nSPS) is 29.6. The van der Waals surface area contributed by atoms with Crippen LogP contribution < -0.4 is 5.32 Å². The maximum absolute atomic E-state index is 12.1. The number of alkyl halides is 2. The molecule has 0 aromatic carbocycles. The Balaban J connectivity index is 2.54. The zero-order valence-electron chi connectivity index (χ0n) is 10.4. The number of hydrogen-bond acceptors (Lipinski definition) is 3. The Morgan fingerprint density at radius 1 is 1.53 bits per heavy atom. The molecule has 0 aliphatic heterocycles. The van der Waals surface area contributed by atoms with Crippen LogP contribution in [0.15, 0.2) is 0 Å². The first-order valence-corrected chi connectivity index (χ1v) is 6.06. The van der Waals surface area contributed by atoms with E-state index in [1.165, 1.54) is 0 Å². The number of ether oxygens (including phenoxy) is 1. The second-order valence-corrected chi connectivity index (χ2v) is 4.94. The Bertz CT molecular complexity index is 278. The largest absolute Gasteiger partial charge is 0.372 e. The molecule has 1 aliphatic rings. The van der Waals surface area contributed by atoms with Crippen molar-refractivity contribution in [3.05, 3.63) is 0 Å². The van der Waals surface area contributed by atoms with Crippen molar-refractivity contribution in [2.45, 2.75) is 63.6 Å². The third kappa shape index (κ3) is 4.57. The third-order valence-electron chi connectivity index (χ3n) is 2.94. The van der Waals surface area contributed by atoms with Crippen LogP contribution in [0.3, 0.4) is 0 Å². The Kier molecular flexibility index (Phi) is 5.29. The van der Waals surface area contributed by atoms with Crippen LogP contribution in [0.2, 0.25) is 0 Å². The molecule has 2 unspecified atom stereocenters. The number of rotatable bonds is 5. The molecule has 0 spiro atoms. The van der Waals surface area contributed by atoms with E-state index in [9.17, 15) is 14.0 Å². The molecule has 0 radical (unpaired) electrons. The summed E-state index contributed by atoms with van der Waals surface area (Å²) in [5.74, 6) is 0. The van der Waals surface area contributed by atoms with E-state index in [1.807, 2.05) is 13.8 Å². The van der Waals surface area contributed by atoms with Gasteiger partial charge in [-0.3, -0.25) is 5.32 Å². The van der Waals surface area contributed by atoms with E-state index >= 15 is 0 Å². The summed E-state index contributed by atoms with van der Waals surface area (Å²) in [4.78, 5) is 0. The van der Waals surface area contributed by atoms with E-state index in [2.05, 4.69) is 11.4 Å². The van der Waals surface area contributed by atoms with Gasteiger partial charge in [-0.15, -0.1) is 0 Å². The van der Waals surface area contributed by atoms with Crippen LogP contribution in [0.25, 0.3) is 0 Å². The van der Waals surface area contributed by atoms with Gasteiger partial charge in [0.05, 0.1) is 12.2 Å². The van der Waals surface area contributed by atoms with Gasteiger partial charge >= 0.3 is 0 Å². The van der Waals surface area contributed by atoms with Gasteiger partial charge in [-0.2, -0.15) is 5.26 Å². The molecule has 3 nitrogen and oxygen atoms in total. The summed E-state index contributed by atoms with van der Waals surface area (Å²) in [5.41, 5.74) is -0.612. The molecule has 1 aliphatic carbocycles. The Hall–Kier alpha value is -0.730. The highest BCUT2D eigenvalue weighted by molar-refractivity contribution is 5.10. The van der Waals surface area contributed by atoms with Crippen LogP contribution >= 0.6 is 0 Å². The summed E-state index contributed by atoms with van der Waals surface area (Å²) in [5, 5.41) is 12.5. The maximum Gasteiger partial charge on any atom is 0.261 e. The third-order valence-corrected chi connectivity index (χ3v) is 2.94. The molecule has 17 heavy (non-hydrogen) atoms. The van der Waals surface area contributed by atoms with Gasteiger partial charge in [0.15, 0.2) is 0 Å². The first-order valence-electron chi connectivity index (χ1n) is 6.06. The number of hydrogen-bond donors (Lipinski definition) is 1. The van der Waals surface area contributed by atoms with Crippen LogP contribution in [0, 0.1) is 11.3 Å². The fourth-order valence-electron chi connectivity index (χ4n) is 2.39. The van der Waals surface area contributed by atoms with Crippen molar-refractivity contribution in [2.75, 3.05) is 6.61 Å². The molecule has 1 saturated carbocycles. The quantitative estimate of drug-likeness (QED) is 0.810. The highest BCUT2D eigenvalue weighted by Crippen LogP contribution is 2.30. The van der Waals surface area contributed by atoms with Crippen molar-refractivity contribution in [3.8, 4) is 6.07 Å². The second-order valence-electron chi connectivity index (χ2n) is 4.94. The first-order chi connectivity index (χ1) is 7.97. The summed E-state index contributed by atoms with van der Waals surface area (Å²) in [7, 11) is 0. The summed E-state index contributed by atoms with van der Waals surface area (Å²) in [6, 6.07) is 2.49.